The van der Waals surface area contributed by atoms with Crippen LogP contribution in [0.1, 0.15) is 0 Å². The molecule has 0 bridgehead atoms. The van der Waals surface area contributed by atoms with E-state index in [-0.39, 0.29) is 0 Å². The lowest BCUT2D eigenvalue weighted by Gasteiger charge is -2.08. The molecule has 0 atom stereocenters. The first-order chi connectivity index (χ1) is 12.3. The largest absolute Gasteiger partial charge is 0.493 e. The number of hydrogen-bond donors (Lipinski definition) is 2. The molecule has 0 aliphatic heterocycles. The van der Waals surface area contributed by atoms with Gasteiger partial charge in [0.1, 0.15) is 0 Å². The van der Waals surface area contributed by atoms with Crippen molar-refractivity contribution >= 4 is 22.6 Å². The number of anilines is 2. The first-order valence-corrected chi connectivity index (χ1v) is 7.65. The van der Waals surface area contributed by atoms with Crippen LogP contribution in [0.5, 0.6) is 11.5 Å². The van der Waals surface area contributed by atoms with E-state index in [9.17, 15) is 0 Å². The third kappa shape index (κ3) is 2.87. The van der Waals surface area contributed by atoms with Gasteiger partial charge in [0.25, 0.3) is 6.01 Å². The average Bonchev–Trinajstić information content (AvgIpc) is 3.30. The van der Waals surface area contributed by atoms with Gasteiger partial charge in [-0.05, 0) is 36.4 Å². The molecule has 0 saturated heterocycles. The molecule has 0 unspecified atom stereocenters. The molecule has 4 aromatic rings. The van der Waals surface area contributed by atoms with Crippen LogP contribution in [0.15, 0.2) is 53.2 Å². The molecule has 25 heavy (non-hydrogen) atoms. The molecule has 0 aliphatic rings. The van der Waals surface area contributed by atoms with Gasteiger partial charge in [-0.15, -0.1) is 0 Å². The number of fused-ring (bicyclic) bond motifs is 1. The summed E-state index contributed by atoms with van der Waals surface area (Å²) in [7, 11) is 3.20. The zero-order chi connectivity index (χ0) is 17.2. The first-order valence-electron chi connectivity index (χ1n) is 7.65. The van der Waals surface area contributed by atoms with Crippen molar-refractivity contribution in [2.45, 2.75) is 0 Å². The Balaban J connectivity index is 1.59. The van der Waals surface area contributed by atoms with Crippen molar-refractivity contribution in [1.29, 1.82) is 0 Å². The number of hydrogen-bond acceptors (Lipinski definition) is 6. The molecule has 0 radical (unpaired) electrons. The van der Waals surface area contributed by atoms with Gasteiger partial charge in [-0.1, -0.05) is 0 Å². The van der Waals surface area contributed by atoms with E-state index >= 15 is 0 Å². The highest BCUT2D eigenvalue weighted by Gasteiger charge is 2.11. The molecular weight excluding hydrogens is 320 g/mol. The molecule has 2 aromatic heterocycles. The molecule has 0 amide bonds. The van der Waals surface area contributed by atoms with Crippen molar-refractivity contribution in [3.63, 3.8) is 0 Å². The van der Waals surface area contributed by atoms with Crippen molar-refractivity contribution in [1.82, 2.24) is 15.2 Å². The number of benzene rings is 2. The fraction of sp³-hybridized carbons (Fsp3) is 0.111. The van der Waals surface area contributed by atoms with Crippen molar-refractivity contribution in [2.75, 3.05) is 19.5 Å². The molecule has 7 heteroatoms. The predicted octanol–water partition coefficient (Wildman–Crippen LogP) is 3.98. The van der Waals surface area contributed by atoms with Gasteiger partial charge >= 0.3 is 0 Å². The first kappa shape index (κ1) is 15.1. The van der Waals surface area contributed by atoms with E-state index in [1.165, 1.54) is 0 Å². The molecule has 7 nitrogen and oxygen atoms in total. The lowest BCUT2D eigenvalue weighted by atomic mass is 10.1. The topological polar surface area (TPSA) is 85.2 Å². The Kier molecular flexibility index (Phi) is 3.74. The zero-order valence-corrected chi connectivity index (χ0v) is 13.7. The molecule has 0 spiro atoms. The highest BCUT2D eigenvalue weighted by atomic mass is 16.5. The number of methoxy groups -OCH3 is 2. The van der Waals surface area contributed by atoms with Gasteiger partial charge in [0, 0.05) is 16.6 Å². The Morgan fingerprint density at radius 1 is 1.00 bits per heavy atom. The molecule has 126 valence electrons. The molecule has 2 N–H and O–H groups in total. The summed E-state index contributed by atoms with van der Waals surface area (Å²) in [6.45, 7) is 0. The van der Waals surface area contributed by atoms with E-state index < -0.39 is 0 Å². The Hall–Kier alpha value is -3.48. The molecule has 0 saturated carbocycles. The summed E-state index contributed by atoms with van der Waals surface area (Å²) in [5.74, 6) is 1.93. The van der Waals surface area contributed by atoms with Crippen LogP contribution in [0.4, 0.5) is 11.7 Å². The van der Waals surface area contributed by atoms with Crippen molar-refractivity contribution in [3.05, 3.63) is 48.8 Å². The van der Waals surface area contributed by atoms with Crippen LogP contribution >= 0.6 is 0 Å². The molecule has 4 rings (SSSR count). The molecule has 2 heterocycles. The van der Waals surface area contributed by atoms with Crippen LogP contribution in [0.2, 0.25) is 0 Å². The van der Waals surface area contributed by atoms with E-state index in [1.807, 2.05) is 36.4 Å². The minimum absolute atomic E-state index is 0.410. The smallest absolute Gasteiger partial charge is 0.299 e. The van der Waals surface area contributed by atoms with Gasteiger partial charge in [-0.25, -0.2) is 4.98 Å². The summed E-state index contributed by atoms with van der Waals surface area (Å²) in [4.78, 5) is 4.28. The second kappa shape index (κ2) is 6.20. The lowest BCUT2D eigenvalue weighted by molar-refractivity contribution is 0.355. The Labute approximate surface area is 143 Å². The molecule has 2 aromatic carbocycles. The summed E-state index contributed by atoms with van der Waals surface area (Å²) in [5.41, 5.74) is 2.70. The monoisotopic (exact) mass is 336 g/mol. The highest BCUT2D eigenvalue weighted by molar-refractivity contribution is 5.82. The maximum absolute atomic E-state index is 5.80. The summed E-state index contributed by atoms with van der Waals surface area (Å²) in [5, 5.41) is 11.1. The van der Waals surface area contributed by atoms with E-state index in [0.717, 1.165) is 22.2 Å². The second-order valence-corrected chi connectivity index (χ2v) is 5.40. The highest BCUT2D eigenvalue weighted by Crippen LogP contribution is 2.33. The number of aromatic amines is 1. The number of ether oxygens (including phenoxy) is 2. The minimum atomic E-state index is 0.410. The minimum Gasteiger partial charge on any atom is -0.493 e. The van der Waals surface area contributed by atoms with Crippen LogP contribution in [0, 0.1) is 0 Å². The standard InChI is InChI=1S/C18H16N4O3/c1-23-15-6-3-11(8-16(15)24-2)17-10-19-18(25-17)21-13-4-5-14-12(7-13)9-20-22-14/h3-10H,1-2H3,(H,19,21)(H,20,22). The third-order valence-corrected chi connectivity index (χ3v) is 3.87. The van der Waals surface area contributed by atoms with Crippen LogP contribution in [0.25, 0.3) is 22.2 Å². The van der Waals surface area contributed by atoms with E-state index in [0.29, 0.717) is 23.3 Å². The molecule has 0 aliphatic carbocycles. The van der Waals surface area contributed by atoms with Crippen molar-refractivity contribution < 1.29 is 13.9 Å². The van der Waals surface area contributed by atoms with Crippen LogP contribution < -0.4 is 14.8 Å². The normalized spacial score (nSPS) is 10.8. The number of rotatable bonds is 5. The van der Waals surface area contributed by atoms with E-state index in [4.69, 9.17) is 13.9 Å². The average molecular weight is 336 g/mol. The number of nitrogens with one attached hydrogen (secondary N) is 2. The van der Waals surface area contributed by atoms with Gasteiger partial charge in [-0.3, -0.25) is 5.10 Å². The second-order valence-electron chi connectivity index (χ2n) is 5.40. The summed E-state index contributed by atoms with van der Waals surface area (Å²) >= 11 is 0. The summed E-state index contributed by atoms with van der Waals surface area (Å²) in [6.07, 6.45) is 3.44. The summed E-state index contributed by atoms with van der Waals surface area (Å²) in [6, 6.07) is 11.8. The maximum Gasteiger partial charge on any atom is 0.299 e. The van der Waals surface area contributed by atoms with E-state index in [1.54, 1.807) is 26.6 Å². The Bertz CT molecular complexity index is 1020. The van der Waals surface area contributed by atoms with Crippen LogP contribution in [-0.2, 0) is 0 Å². The van der Waals surface area contributed by atoms with Crippen molar-refractivity contribution in [2.24, 2.45) is 0 Å². The number of aromatic nitrogens is 3. The van der Waals surface area contributed by atoms with Crippen LogP contribution in [-0.4, -0.2) is 29.4 Å². The van der Waals surface area contributed by atoms with Crippen molar-refractivity contribution in [3.8, 4) is 22.8 Å². The van der Waals surface area contributed by atoms with E-state index in [2.05, 4.69) is 20.5 Å². The quantitative estimate of drug-likeness (QED) is 0.573. The number of oxazole rings is 1. The predicted molar refractivity (Wildman–Crippen MR) is 94.4 cm³/mol. The Morgan fingerprint density at radius 3 is 2.72 bits per heavy atom. The fourth-order valence-electron chi connectivity index (χ4n) is 2.60. The van der Waals surface area contributed by atoms with Gasteiger partial charge in [-0.2, -0.15) is 5.10 Å². The van der Waals surface area contributed by atoms with Crippen LogP contribution in [0.3, 0.4) is 0 Å². The molecular formula is C18H16N4O3. The molecule has 0 fully saturated rings. The van der Waals surface area contributed by atoms with Gasteiger partial charge in [0.15, 0.2) is 17.3 Å². The number of H-pyrrole nitrogens is 1. The fourth-order valence-corrected chi connectivity index (χ4v) is 2.60. The zero-order valence-electron chi connectivity index (χ0n) is 13.7. The lowest BCUT2D eigenvalue weighted by Crippen LogP contribution is -1.90. The SMILES string of the molecule is COc1ccc(-c2cnc(Nc3ccc4[nH]ncc4c3)o2)cc1OC. The van der Waals surface area contributed by atoms with Gasteiger partial charge < -0.3 is 19.2 Å². The van der Waals surface area contributed by atoms with Gasteiger partial charge in [0.05, 0.1) is 32.1 Å². The Morgan fingerprint density at radius 2 is 1.88 bits per heavy atom. The van der Waals surface area contributed by atoms with Gasteiger partial charge in [0.2, 0.25) is 0 Å². The maximum atomic E-state index is 5.80. The number of nitrogens with zero attached hydrogens (tertiary/aromatic N) is 2. The third-order valence-electron chi connectivity index (χ3n) is 3.87. The summed E-state index contributed by atoms with van der Waals surface area (Å²) < 4.78 is 16.4.